The molecule has 0 fully saturated rings. The van der Waals surface area contributed by atoms with E-state index in [4.69, 9.17) is 28.9 Å². The number of carbonyl (C=O) groups excluding carboxylic acids is 2. The molecular weight excluding hydrogens is 295 g/mol. The van der Waals surface area contributed by atoms with Crippen molar-refractivity contribution in [2.75, 3.05) is 13.1 Å². The predicted octanol–water partition coefficient (Wildman–Crippen LogP) is 2.78. The molecule has 0 aromatic carbocycles. The van der Waals surface area contributed by atoms with Gasteiger partial charge in [-0.2, -0.15) is 0 Å². The van der Waals surface area contributed by atoms with Crippen LogP contribution < -0.4 is 5.73 Å². The van der Waals surface area contributed by atoms with Crippen LogP contribution in [0.2, 0.25) is 8.67 Å². The molecule has 7 heteroatoms. The van der Waals surface area contributed by atoms with Crippen LogP contribution in [0.15, 0.2) is 6.07 Å². The molecule has 0 aliphatic heterocycles. The molecule has 18 heavy (non-hydrogen) atoms. The third kappa shape index (κ3) is 4.15. The molecule has 2 amide bonds. The van der Waals surface area contributed by atoms with Gasteiger partial charge in [0.15, 0.2) is 0 Å². The number of rotatable bonds is 6. The van der Waals surface area contributed by atoms with Crippen LogP contribution in [0.1, 0.15) is 30.1 Å². The first-order chi connectivity index (χ1) is 8.45. The van der Waals surface area contributed by atoms with E-state index >= 15 is 0 Å². The van der Waals surface area contributed by atoms with Gasteiger partial charge in [-0.25, -0.2) is 0 Å². The van der Waals surface area contributed by atoms with Gasteiger partial charge in [-0.05, 0) is 12.5 Å². The van der Waals surface area contributed by atoms with Gasteiger partial charge in [0, 0.05) is 6.54 Å². The van der Waals surface area contributed by atoms with Gasteiger partial charge in [0.25, 0.3) is 5.91 Å². The molecule has 1 aromatic rings. The first kappa shape index (κ1) is 15.3. The second-order valence-electron chi connectivity index (χ2n) is 3.78. The summed E-state index contributed by atoms with van der Waals surface area (Å²) < 4.78 is 0.772. The molecule has 1 aromatic heterocycles. The van der Waals surface area contributed by atoms with Crippen LogP contribution in [0.25, 0.3) is 0 Å². The lowest BCUT2D eigenvalue weighted by molar-refractivity contribution is -0.118. The zero-order valence-electron chi connectivity index (χ0n) is 9.91. The first-order valence-electron chi connectivity index (χ1n) is 5.48. The number of amides is 2. The topological polar surface area (TPSA) is 63.4 Å². The Bertz CT molecular complexity index is 448. The zero-order chi connectivity index (χ0) is 13.7. The quantitative estimate of drug-likeness (QED) is 0.878. The number of nitrogens with zero attached hydrogens (tertiary/aromatic N) is 1. The minimum atomic E-state index is -0.545. The smallest absolute Gasteiger partial charge is 0.256 e. The molecule has 0 bridgehead atoms. The average Bonchev–Trinajstić information content (AvgIpc) is 2.62. The van der Waals surface area contributed by atoms with Gasteiger partial charge in [0.05, 0.1) is 16.4 Å². The van der Waals surface area contributed by atoms with Crippen molar-refractivity contribution in [2.24, 2.45) is 5.73 Å². The SMILES string of the molecule is CCCCN(CC(N)=O)C(=O)c1cc(Cl)sc1Cl. The molecule has 0 radical (unpaired) electrons. The molecule has 0 aliphatic rings. The number of unbranched alkanes of at least 4 members (excludes halogenated alkanes) is 1. The highest BCUT2D eigenvalue weighted by Gasteiger charge is 2.21. The van der Waals surface area contributed by atoms with Gasteiger partial charge in [0.2, 0.25) is 5.91 Å². The molecule has 0 atom stereocenters. The van der Waals surface area contributed by atoms with E-state index in [2.05, 4.69) is 0 Å². The first-order valence-corrected chi connectivity index (χ1v) is 7.05. The summed E-state index contributed by atoms with van der Waals surface area (Å²) in [6.45, 7) is 2.37. The summed E-state index contributed by atoms with van der Waals surface area (Å²) in [6.07, 6.45) is 1.72. The maximum Gasteiger partial charge on any atom is 0.256 e. The van der Waals surface area contributed by atoms with Gasteiger partial charge < -0.3 is 10.6 Å². The number of thiophene rings is 1. The number of carbonyl (C=O) groups is 2. The second-order valence-corrected chi connectivity index (χ2v) is 6.07. The van der Waals surface area contributed by atoms with Gasteiger partial charge >= 0.3 is 0 Å². The fraction of sp³-hybridized carbons (Fsp3) is 0.455. The largest absolute Gasteiger partial charge is 0.368 e. The second kappa shape index (κ2) is 6.97. The van der Waals surface area contributed by atoms with Crippen molar-refractivity contribution >= 4 is 46.4 Å². The van der Waals surface area contributed by atoms with Crippen LogP contribution >= 0.6 is 34.5 Å². The fourth-order valence-electron chi connectivity index (χ4n) is 1.45. The molecule has 0 saturated carbocycles. The molecule has 100 valence electrons. The lowest BCUT2D eigenvalue weighted by Crippen LogP contribution is -2.39. The fourth-order valence-corrected chi connectivity index (χ4v) is 2.89. The summed E-state index contributed by atoms with van der Waals surface area (Å²) in [5, 5.41) is 0. The van der Waals surface area contributed by atoms with Crippen LogP contribution in [-0.2, 0) is 4.79 Å². The minimum Gasteiger partial charge on any atom is -0.368 e. The third-order valence-corrected chi connectivity index (χ3v) is 3.79. The highest BCUT2D eigenvalue weighted by molar-refractivity contribution is 7.20. The highest BCUT2D eigenvalue weighted by atomic mass is 35.5. The molecular formula is C11H14Cl2N2O2S. The van der Waals surface area contributed by atoms with Crippen LogP contribution in [0.5, 0.6) is 0 Å². The number of primary amides is 1. The summed E-state index contributed by atoms with van der Waals surface area (Å²) in [5.74, 6) is -0.854. The highest BCUT2D eigenvalue weighted by Crippen LogP contribution is 2.31. The maximum absolute atomic E-state index is 12.2. The van der Waals surface area contributed by atoms with E-state index < -0.39 is 5.91 Å². The van der Waals surface area contributed by atoms with Crippen LogP contribution in [0.4, 0.5) is 0 Å². The summed E-state index contributed by atoms with van der Waals surface area (Å²) in [7, 11) is 0. The monoisotopic (exact) mass is 308 g/mol. The molecule has 0 saturated heterocycles. The van der Waals surface area contributed by atoms with Gasteiger partial charge in [-0.1, -0.05) is 36.5 Å². The standard InChI is InChI=1S/C11H14Cl2N2O2S/c1-2-3-4-15(6-9(14)16)11(17)7-5-8(12)18-10(7)13/h5H,2-4,6H2,1H3,(H2,14,16). The molecule has 0 spiro atoms. The molecule has 1 rings (SSSR count). The molecule has 4 nitrogen and oxygen atoms in total. The Morgan fingerprint density at radius 3 is 2.56 bits per heavy atom. The number of hydrogen-bond donors (Lipinski definition) is 1. The minimum absolute atomic E-state index is 0.109. The lowest BCUT2D eigenvalue weighted by Gasteiger charge is -2.20. The summed E-state index contributed by atoms with van der Waals surface area (Å²) in [6, 6.07) is 1.51. The third-order valence-electron chi connectivity index (χ3n) is 2.30. The van der Waals surface area contributed by atoms with Crippen LogP contribution in [0.3, 0.4) is 0 Å². The van der Waals surface area contributed by atoms with E-state index in [1.807, 2.05) is 6.92 Å². The molecule has 2 N–H and O–H groups in total. The van der Waals surface area contributed by atoms with Gasteiger partial charge in [-0.15, -0.1) is 11.3 Å². The maximum atomic E-state index is 12.2. The molecule has 0 aliphatic carbocycles. The Morgan fingerprint density at radius 2 is 2.11 bits per heavy atom. The van der Waals surface area contributed by atoms with E-state index in [0.29, 0.717) is 20.8 Å². The predicted molar refractivity (Wildman–Crippen MR) is 74.3 cm³/mol. The van der Waals surface area contributed by atoms with Crippen LogP contribution in [0, 0.1) is 0 Å². The van der Waals surface area contributed by atoms with Crippen molar-refractivity contribution in [1.29, 1.82) is 0 Å². The van der Waals surface area contributed by atoms with E-state index in [1.165, 1.54) is 11.0 Å². The summed E-state index contributed by atoms with van der Waals surface area (Å²) >= 11 is 12.8. The van der Waals surface area contributed by atoms with Crippen molar-refractivity contribution in [2.45, 2.75) is 19.8 Å². The van der Waals surface area contributed by atoms with Crippen molar-refractivity contribution in [3.63, 3.8) is 0 Å². The van der Waals surface area contributed by atoms with Crippen molar-refractivity contribution in [1.82, 2.24) is 4.90 Å². The Balaban J connectivity index is 2.87. The normalized spacial score (nSPS) is 10.4. The van der Waals surface area contributed by atoms with Crippen molar-refractivity contribution in [3.05, 3.63) is 20.3 Å². The Labute approximate surface area is 120 Å². The van der Waals surface area contributed by atoms with Crippen molar-refractivity contribution in [3.8, 4) is 0 Å². The molecule has 1 heterocycles. The Hall–Kier alpha value is -0.780. The average molecular weight is 309 g/mol. The zero-order valence-corrected chi connectivity index (χ0v) is 12.2. The van der Waals surface area contributed by atoms with Gasteiger partial charge in [-0.3, -0.25) is 9.59 Å². The van der Waals surface area contributed by atoms with E-state index in [0.717, 1.165) is 24.2 Å². The van der Waals surface area contributed by atoms with E-state index in [-0.39, 0.29) is 12.5 Å². The summed E-state index contributed by atoms with van der Waals surface area (Å²) in [4.78, 5) is 24.6. The lowest BCUT2D eigenvalue weighted by atomic mass is 10.2. The van der Waals surface area contributed by atoms with Gasteiger partial charge in [0.1, 0.15) is 4.34 Å². The van der Waals surface area contributed by atoms with Crippen molar-refractivity contribution < 1.29 is 9.59 Å². The number of halogens is 2. The Kier molecular flexibility index (Phi) is 5.91. The number of nitrogens with two attached hydrogens (primary N) is 1. The number of hydrogen-bond acceptors (Lipinski definition) is 3. The van der Waals surface area contributed by atoms with Crippen LogP contribution in [-0.4, -0.2) is 29.8 Å². The summed E-state index contributed by atoms with van der Waals surface area (Å²) in [5.41, 5.74) is 5.46. The van der Waals surface area contributed by atoms with E-state index in [1.54, 1.807) is 0 Å². The molecule has 0 unspecified atom stereocenters. The van der Waals surface area contributed by atoms with E-state index in [9.17, 15) is 9.59 Å². The Morgan fingerprint density at radius 1 is 1.44 bits per heavy atom.